The van der Waals surface area contributed by atoms with Gasteiger partial charge in [0.15, 0.2) is 0 Å². The lowest BCUT2D eigenvalue weighted by molar-refractivity contribution is 0.321. The highest BCUT2D eigenvalue weighted by Gasteiger charge is 2.27. The van der Waals surface area contributed by atoms with Crippen LogP contribution in [-0.2, 0) is 0 Å². The molecule has 2 unspecified atom stereocenters. The summed E-state index contributed by atoms with van der Waals surface area (Å²) >= 11 is 0. The normalized spacial score (nSPS) is 25.1. The molecule has 3 heteroatoms. The Labute approximate surface area is 115 Å². The lowest BCUT2D eigenvalue weighted by Gasteiger charge is -2.39. The van der Waals surface area contributed by atoms with E-state index in [4.69, 9.17) is 5.73 Å². The van der Waals surface area contributed by atoms with Crippen molar-refractivity contribution in [1.29, 1.82) is 0 Å². The van der Waals surface area contributed by atoms with Crippen molar-refractivity contribution in [3.05, 3.63) is 29.6 Å². The number of hydrogen-bond acceptors (Lipinski definition) is 2. The van der Waals surface area contributed by atoms with E-state index in [1.807, 2.05) is 13.0 Å². The van der Waals surface area contributed by atoms with Gasteiger partial charge in [0.2, 0.25) is 0 Å². The van der Waals surface area contributed by atoms with Crippen molar-refractivity contribution in [2.24, 2.45) is 11.7 Å². The van der Waals surface area contributed by atoms with E-state index in [0.717, 1.165) is 5.69 Å². The second-order valence-electron chi connectivity index (χ2n) is 5.90. The van der Waals surface area contributed by atoms with Gasteiger partial charge in [0.1, 0.15) is 5.82 Å². The van der Waals surface area contributed by atoms with E-state index >= 15 is 0 Å². The summed E-state index contributed by atoms with van der Waals surface area (Å²) in [4.78, 5) is 2.24. The molecule has 1 fully saturated rings. The van der Waals surface area contributed by atoms with Crippen molar-refractivity contribution in [1.82, 2.24) is 0 Å². The highest BCUT2D eigenvalue weighted by Crippen LogP contribution is 2.34. The van der Waals surface area contributed by atoms with Crippen LogP contribution in [0.25, 0.3) is 0 Å². The standard InChI is InChI=1S/C16H25FN2/c1-11-7-4-5-9-14(11)19(3)15-10-6-8-13(17)16(15)12(2)18/h6,8,10-12,14H,4-5,7,9,18H2,1-3H3/t11?,12-,14?/m0/s1. The topological polar surface area (TPSA) is 29.3 Å². The number of halogens is 1. The summed E-state index contributed by atoms with van der Waals surface area (Å²) in [7, 11) is 2.08. The lowest BCUT2D eigenvalue weighted by atomic mass is 9.84. The summed E-state index contributed by atoms with van der Waals surface area (Å²) < 4.78 is 14.0. The fraction of sp³-hybridized carbons (Fsp3) is 0.625. The zero-order chi connectivity index (χ0) is 14.0. The van der Waals surface area contributed by atoms with E-state index in [0.29, 0.717) is 17.5 Å². The van der Waals surface area contributed by atoms with E-state index in [9.17, 15) is 4.39 Å². The average molecular weight is 264 g/mol. The summed E-state index contributed by atoms with van der Waals surface area (Å²) in [6, 6.07) is 5.48. The van der Waals surface area contributed by atoms with Crippen molar-refractivity contribution in [3.8, 4) is 0 Å². The van der Waals surface area contributed by atoms with Crippen LogP contribution >= 0.6 is 0 Å². The fourth-order valence-electron chi connectivity index (χ4n) is 3.33. The van der Waals surface area contributed by atoms with Crippen LogP contribution in [0.1, 0.15) is 51.1 Å². The first-order chi connectivity index (χ1) is 9.02. The van der Waals surface area contributed by atoms with Gasteiger partial charge in [-0.15, -0.1) is 0 Å². The smallest absolute Gasteiger partial charge is 0.130 e. The fourth-order valence-corrected chi connectivity index (χ4v) is 3.33. The molecule has 106 valence electrons. The summed E-state index contributed by atoms with van der Waals surface area (Å²) in [6.07, 6.45) is 5.03. The van der Waals surface area contributed by atoms with Crippen LogP contribution in [0.2, 0.25) is 0 Å². The van der Waals surface area contributed by atoms with Crippen LogP contribution in [0.5, 0.6) is 0 Å². The molecule has 1 saturated carbocycles. The molecule has 2 rings (SSSR count). The molecule has 1 aromatic carbocycles. The Morgan fingerprint density at radius 3 is 2.63 bits per heavy atom. The zero-order valence-corrected chi connectivity index (χ0v) is 12.2. The summed E-state index contributed by atoms with van der Waals surface area (Å²) in [5.41, 5.74) is 7.54. The van der Waals surface area contributed by atoms with E-state index in [-0.39, 0.29) is 11.9 Å². The molecule has 0 aromatic heterocycles. The first-order valence-electron chi connectivity index (χ1n) is 7.29. The highest BCUT2D eigenvalue weighted by atomic mass is 19.1. The highest BCUT2D eigenvalue weighted by molar-refractivity contribution is 5.55. The maximum Gasteiger partial charge on any atom is 0.130 e. The number of benzene rings is 1. The lowest BCUT2D eigenvalue weighted by Crippen LogP contribution is -2.39. The van der Waals surface area contributed by atoms with Crippen LogP contribution < -0.4 is 10.6 Å². The minimum absolute atomic E-state index is 0.192. The number of hydrogen-bond donors (Lipinski definition) is 1. The molecule has 1 aromatic rings. The first kappa shape index (κ1) is 14.3. The van der Waals surface area contributed by atoms with Crippen LogP contribution in [0, 0.1) is 11.7 Å². The van der Waals surface area contributed by atoms with Gasteiger partial charge in [0.25, 0.3) is 0 Å². The largest absolute Gasteiger partial charge is 0.371 e. The molecule has 0 spiro atoms. The Morgan fingerprint density at radius 2 is 2.00 bits per heavy atom. The summed E-state index contributed by atoms with van der Waals surface area (Å²) in [5.74, 6) is 0.464. The van der Waals surface area contributed by atoms with E-state index in [1.165, 1.54) is 31.7 Å². The Morgan fingerprint density at radius 1 is 1.32 bits per heavy atom. The van der Waals surface area contributed by atoms with Crippen LogP contribution in [-0.4, -0.2) is 13.1 Å². The van der Waals surface area contributed by atoms with E-state index in [2.05, 4.69) is 18.9 Å². The van der Waals surface area contributed by atoms with Crippen LogP contribution in [0.3, 0.4) is 0 Å². The molecule has 0 aliphatic heterocycles. The second kappa shape index (κ2) is 5.91. The van der Waals surface area contributed by atoms with Crippen molar-refractivity contribution >= 4 is 5.69 Å². The predicted molar refractivity (Wildman–Crippen MR) is 78.8 cm³/mol. The molecule has 2 nitrogen and oxygen atoms in total. The number of nitrogens with two attached hydrogens (primary N) is 1. The van der Waals surface area contributed by atoms with Crippen molar-refractivity contribution in [2.75, 3.05) is 11.9 Å². The molecule has 0 saturated heterocycles. The molecule has 3 atom stereocenters. The minimum atomic E-state index is -0.280. The maximum atomic E-state index is 14.0. The van der Waals surface area contributed by atoms with Gasteiger partial charge in [-0.05, 0) is 37.8 Å². The van der Waals surface area contributed by atoms with E-state index < -0.39 is 0 Å². The Kier molecular flexibility index (Phi) is 4.46. The van der Waals surface area contributed by atoms with Crippen LogP contribution in [0.4, 0.5) is 10.1 Å². The third-order valence-corrected chi connectivity index (χ3v) is 4.43. The minimum Gasteiger partial charge on any atom is -0.371 e. The number of nitrogens with zero attached hydrogens (tertiary/aromatic N) is 1. The second-order valence-corrected chi connectivity index (χ2v) is 5.90. The molecule has 2 N–H and O–H groups in total. The van der Waals surface area contributed by atoms with Crippen molar-refractivity contribution in [2.45, 2.75) is 51.6 Å². The van der Waals surface area contributed by atoms with Gasteiger partial charge in [0.05, 0.1) is 0 Å². The van der Waals surface area contributed by atoms with Gasteiger partial charge in [-0.2, -0.15) is 0 Å². The molecular weight excluding hydrogens is 239 g/mol. The van der Waals surface area contributed by atoms with Gasteiger partial charge >= 0.3 is 0 Å². The van der Waals surface area contributed by atoms with Gasteiger partial charge in [-0.1, -0.05) is 25.8 Å². The molecule has 1 aliphatic rings. The molecule has 0 bridgehead atoms. The Balaban J connectivity index is 2.32. The number of rotatable bonds is 3. The van der Waals surface area contributed by atoms with Gasteiger partial charge in [-0.3, -0.25) is 0 Å². The molecule has 19 heavy (non-hydrogen) atoms. The first-order valence-corrected chi connectivity index (χ1v) is 7.29. The maximum absolute atomic E-state index is 14.0. The molecule has 0 radical (unpaired) electrons. The molecular formula is C16H25FN2. The SMILES string of the molecule is CC1CCCCC1N(C)c1cccc(F)c1[C@H](C)N. The monoisotopic (exact) mass is 264 g/mol. The van der Waals surface area contributed by atoms with Crippen molar-refractivity contribution in [3.63, 3.8) is 0 Å². The quantitative estimate of drug-likeness (QED) is 0.898. The van der Waals surface area contributed by atoms with Crippen LogP contribution in [0.15, 0.2) is 18.2 Å². The Hall–Kier alpha value is -1.09. The molecule has 1 aliphatic carbocycles. The van der Waals surface area contributed by atoms with Gasteiger partial charge in [0, 0.05) is 30.4 Å². The van der Waals surface area contributed by atoms with Crippen molar-refractivity contribution < 1.29 is 4.39 Å². The van der Waals surface area contributed by atoms with Gasteiger partial charge in [-0.25, -0.2) is 4.39 Å². The third-order valence-electron chi connectivity index (χ3n) is 4.43. The summed E-state index contributed by atoms with van der Waals surface area (Å²) in [5, 5.41) is 0. The van der Waals surface area contributed by atoms with E-state index in [1.54, 1.807) is 6.07 Å². The van der Waals surface area contributed by atoms with Gasteiger partial charge < -0.3 is 10.6 Å². The summed E-state index contributed by atoms with van der Waals surface area (Å²) in [6.45, 7) is 4.14. The molecule has 0 heterocycles. The average Bonchev–Trinajstić information content (AvgIpc) is 2.37. The predicted octanol–water partition coefficient (Wildman–Crippen LogP) is 3.86. The number of anilines is 1. The zero-order valence-electron chi connectivity index (χ0n) is 12.2. The Bertz CT molecular complexity index is 431. The molecule has 0 amide bonds. The third kappa shape index (κ3) is 2.92.